The summed E-state index contributed by atoms with van der Waals surface area (Å²) < 4.78 is 5.31. The molecule has 1 amide bonds. The molecular weight excluding hydrogens is 264 g/mol. The lowest BCUT2D eigenvalue weighted by Gasteiger charge is -2.23. The number of fused-ring (bicyclic) bond motifs is 1. The second-order valence-electron chi connectivity index (χ2n) is 4.96. The first-order valence-corrected chi connectivity index (χ1v) is 7.05. The molecule has 0 aromatic heterocycles. The molecule has 0 saturated carbocycles. The Hall–Kier alpha value is -2.33. The van der Waals surface area contributed by atoms with Crippen LogP contribution in [0.1, 0.15) is 15.9 Å². The van der Waals surface area contributed by atoms with Crippen LogP contribution in [0.4, 0.5) is 5.69 Å². The Morgan fingerprint density at radius 3 is 2.76 bits per heavy atom. The third kappa shape index (κ3) is 2.62. The highest BCUT2D eigenvalue weighted by Crippen LogP contribution is 2.26. The van der Waals surface area contributed by atoms with Crippen molar-refractivity contribution in [1.82, 2.24) is 5.32 Å². The van der Waals surface area contributed by atoms with Gasteiger partial charge in [-0.1, -0.05) is 30.3 Å². The number of hydrogen-bond donors (Lipinski definition) is 1. The molecule has 108 valence electrons. The van der Waals surface area contributed by atoms with E-state index in [1.807, 2.05) is 47.4 Å². The monoisotopic (exact) mass is 282 g/mol. The van der Waals surface area contributed by atoms with Crippen molar-refractivity contribution in [3.63, 3.8) is 0 Å². The molecule has 4 nitrogen and oxygen atoms in total. The highest BCUT2D eigenvalue weighted by atomic mass is 16.5. The molecule has 0 bridgehead atoms. The van der Waals surface area contributed by atoms with Gasteiger partial charge in [0.15, 0.2) is 0 Å². The Labute approximate surface area is 124 Å². The summed E-state index contributed by atoms with van der Waals surface area (Å²) in [6, 6.07) is 15.4. The van der Waals surface area contributed by atoms with Gasteiger partial charge in [0.2, 0.25) is 0 Å². The van der Waals surface area contributed by atoms with Crippen LogP contribution in [-0.2, 0) is 6.54 Å². The fraction of sp³-hybridized carbons (Fsp3) is 0.235. The molecule has 0 aliphatic carbocycles. The van der Waals surface area contributed by atoms with Gasteiger partial charge in [-0.05, 0) is 23.8 Å². The molecule has 1 heterocycles. The highest BCUT2D eigenvalue weighted by Gasteiger charge is 2.23. The van der Waals surface area contributed by atoms with Crippen molar-refractivity contribution in [3.8, 4) is 5.75 Å². The zero-order valence-corrected chi connectivity index (χ0v) is 12.0. The van der Waals surface area contributed by atoms with Crippen LogP contribution in [-0.4, -0.2) is 26.1 Å². The van der Waals surface area contributed by atoms with E-state index in [4.69, 9.17) is 4.74 Å². The lowest BCUT2D eigenvalue weighted by Crippen LogP contribution is -2.34. The molecule has 0 fully saturated rings. The minimum absolute atomic E-state index is 0.0244. The van der Waals surface area contributed by atoms with E-state index < -0.39 is 0 Å². The molecule has 3 rings (SSSR count). The largest absolute Gasteiger partial charge is 0.496 e. The molecule has 21 heavy (non-hydrogen) atoms. The predicted octanol–water partition coefficient (Wildman–Crippen LogP) is 2.45. The zero-order valence-electron chi connectivity index (χ0n) is 12.0. The molecule has 0 unspecified atom stereocenters. The maximum atomic E-state index is 12.9. The molecule has 1 aliphatic rings. The Morgan fingerprint density at radius 1 is 1.14 bits per heavy atom. The number of carbonyl (C=O) groups is 1. The Balaban J connectivity index is 2.01. The molecule has 0 spiro atoms. The van der Waals surface area contributed by atoms with Crippen molar-refractivity contribution in [2.45, 2.75) is 6.54 Å². The zero-order chi connectivity index (χ0) is 14.7. The summed E-state index contributed by atoms with van der Waals surface area (Å²) in [6.07, 6.45) is 0. The van der Waals surface area contributed by atoms with E-state index in [1.54, 1.807) is 7.11 Å². The number of benzene rings is 2. The molecule has 1 aliphatic heterocycles. The van der Waals surface area contributed by atoms with E-state index in [-0.39, 0.29) is 5.91 Å². The minimum Gasteiger partial charge on any atom is -0.496 e. The van der Waals surface area contributed by atoms with Crippen LogP contribution in [0.2, 0.25) is 0 Å². The molecule has 0 saturated heterocycles. The molecule has 0 atom stereocenters. The number of nitrogens with zero attached hydrogens (tertiary/aromatic N) is 1. The Morgan fingerprint density at radius 2 is 1.90 bits per heavy atom. The van der Waals surface area contributed by atoms with Gasteiger partial charge >= 0.3 is 0 Å². The molecule has 4 heteroatoms. The number of anilines is 1. The van der Waals surface area contributed by atoms with Gasteiger partial charge in [0.25, 0.3) is 5.91 Å². The third-order valence-corrected chi connectivity index (χ3v) is 3.69. The fourth-order valence-electron chi connectivity index (χ4n) is 2.64. The van der Waals surface area contributed by atoms with E-state index in [0.717, 1.165) is 24.3 Å². The predicted molar refractivity (Wildman–Crippen MR) is 82.8 cm³/mol. The second-order valence-corrected chi connectivity index (χ2v) is 4.96. The first-order chi connectivity index (χ1) is 10.3. The number of carbonyl (C=O) groups excluding carboxylic acids is 1. The first kappa shape index (κ1) is 13.6. The van der Waals surface area contributed by atoms with Crippen LogP contribution in [0.3, 0.4) is 0 Å². The second kappa shape index (κ2) is 5.97. The normalized spacial score (nSPS) is 14.2. The average Bonchev–Trinajstić information content (AvgIpc) is 2.76. The van der Waals surface area contributed by atoms with Crippen molar-refractivity contribution in [2.24, 2.45) is 0 Å². The van der Waals surface area contributed by atoms with Gasteiger partial charge in [-0.2, -0.15) is 0 Å². The van der Waals surface area contributed by atoms with Gasteiger partial charge in [-0.3, -0.25) is 4.79 Å². The van der Waals surface area contributed by atoms with Gasteiger partial charge in [-0.25, -0.2) is 0 Å². The van der Waals surface area contributed by atoms with Gasteiger partial charge in [-0.15, -0.1) is 0 Å². The smallest absolute Gasteiger partial charge is 0.262 e. The van der Waals surface area contributed by atoms with E-state index in [9.17, 15) is 4.79 Å². The summed E-state index contributed by atoms with van der Waals surface area (Å²) in [4.78, 5) is 14.7. The molecule has 2 aromatic carbocycles. The Bertz CT molecular complexity index is 655. The lowest BCUT2D eigenvalue weighted by molar-refractivity contribution is 0.0984. The van der Waals surface area contributed by atoms with E-state index in [0.29, 0.717) is 17.9 Å². The van der Waals surface area contributed by atoms with Crippen LogP contribution in [0.25, 0.3) is 0 Å². The van der Waals surface area contributed by atoms with Crippen molar-refractivity contribution < 1.29 is 9.53 Å². The van der Waals surface area contributed by atoms with Crippen molar-refractivity contribution in [3.05, 3.63) is 59.7 Å². The quantitative estimate of drug-likeness (QED) is 0.920. The summed E-state index contributed by atoms with van der Waals surface area (Å²) in [7, 11) is 1.59. The van der Waals surface area contributed by atoms with Crippen LogP contribution >= 0.6 is 0 Å². The standard InChI is InChI=1S/C17H18N2O2/c1-21-16-9-5-3-7-14(16)17(20)19-11-10-18-12-13-6-2-4-8-15(13)19/h2-9,18H,10-12H2,1H3. The number of nitrogens with one attached hydrogen (secondary N) is 1. The van der Waals surface area contributed by atoms with Gasteiger partial charge in [0.1, 0.15) is 5.75 Å². The number of para-hydroxylation sites is 2. The SMILES string of the molecule is COc1ccccc1C(=O)N1CCNCc2ccccc21. The van der Waals surface area contributed by atoms with E-state index in [2.05, 4.69) is 11.4 Å². The van der Waals surface area contributed by atoms with E-state index >= 15 is 0 Å². The summed E-state index contributed by atoms with van der Waals surface area (Å²) in [5.41, 5.74) is 2.70. The van der Waals surface area contributed by atoms with Crippen molar-refractivity contribution in [2.75, 3.05) is 25.1 Å². The van der Waals surface area contributed by atoms with Crippen LogP contribution < -0.4 is 15.0 Å². The number of methoxy groups -OCH3 is 1. The van der Waals surface area contributed by atoms with Crippen molar-refractivity contribution >= 4 is 11.6 Å². The molecule has 1 N–H and O–H groups in total. The fourth-order valence-corrected chi connectivity index (χ4v) is 2.64. The molecule has 0 radical (unpaired) electrons. The van der Waals surface area contributed by atoms with Crippen molar-refractivity contribution in [1.29, 1.82) is 0 Å². The lowest BCUT2D eigenvalue weighted by atomic mass is 10.1. The highest BCUT2D eigenvalue weighted by molar-refractivity contribution is 6.08. The first-order valence-electron chi connectivity index (χ1n) is 7.05. The topological polar surface area (TPSA) is 41.6 Å². The number of rotatable bonds is 2. The summed E-state index contributed by atoms with van der Waals surface area (Å²) in [6.45, 7) is 2.20. The third-order valence-electron chi connectivity index (χ3n) is 3.69. The molecular formula is C17H18N2O2. The van der Waals surface area contributed by atoms with Crippen LogP contribution in [0, 0.1) is 0 Å². The summed E-state index contributed by atoms with van der Waals surface area (Å²) in [5.74, 6) is 0.584. The molecule has 2 aromatic rings. The number of ether oxygens (including phenoxy) is 1. The maximum Gasteiger partial charge on any atom is 0.262 e. The van der Waals surface area contributed by atoms with E-state index in [1.165, 1.54) is 0 Å². The summed E-state index contributed by atoms with van der Waals surface area (Å²) in [5, 5.41) is 3.34. The van der Waals surface area contributed by atoms with Crippen LogP contribution in [0.5, 0.6) is 5.75 Å². The average molecular weight is 282 g/mol. The minimum atomic E-state index is -0.0244. The Kier molecular flexibility index (Phi) is 3.88. The summed E-state index contributed by atoms with van der Waals surface area (Å²) >= 11 is 0. The maximum absolute atomic E-state index is 12.9. The van der Waals surface area contributed by atoms with Gasteiger partial charge in [0.05, 0.1) is 12.7 Å². The van der Waals surface area contributed by atoms with Gasteiger partial charge in [0, 0.05) is 25.3 Å². The van der Waals surface area contributed by atoms with Crippen LogP contribution in [0.15, 0.2) is 48.5 Å². The number of amides is 1. The number of hydrogen-bond acceptors (Lipinski definition) is 3. The van der Waals surface area contributed by atoms with Gasteiger partial charge < -0.3 is 15.0 Å².